The minimum Gasteiger partial charge on any atom is -0.370 e. The van der Waals surface area contributed by atoms with Crippen LogP contribution in [0.3, 0.4) is 0 Å². The second-order valence-corrected chi connectivity index (χ2v) is 6.30. The van der Waals surface area contributed by atoms with Gasteiger partial charge in [0.2, 0.25) is 11.8 Å². The molecule has 2 rings (SSSR count). The molecule has 0 saturated carbocycles. The number of primary amides is 1. The Bertz CT molecular complexity index is 710. The summed E-state index contributed by atoms with van der Waals surface area (Å²) in [7, 11) is 1.78. The van der Waals surface area contributed by atoms with Gasteiger partial charge in [0.1, 0.15) is 11.6 Å². The van der Waals surface area contributed by atoms with Crippen LogP contribution in [-0.2, 0) is 23.1 Å². The fourth-order valence-electron chi connectivity index (χ4n) is 1.77. The zero-order valence-electron chi connectivity index (χ0n) is 13.1. The first-order valence-electron chi connectivity index (χ1n) is 6.94. The molecule has 2 aromatic rings. The number of nitrogens with two attached hydrogens (primary N) is 1. The summed E-state index contributed by atoms with van der Waals surface area (Å²) in [6.07, 6.45) is 0.621. The average Bonchev–Trinajstić information content (AvgIpc) is 3.04. The summed E-state index contributed by atoms with van der Waals surface area (Å²) >= 11 is 1.26. The molecular weight excluding hydrogens is 320 g/mol. The third-order valence-electron chi connectivity index (χ3n) is 3.05. The highest BCUT2D eigenvalue weighted by Crippen LogP contribution is 2.23. The summed E-state index contributed by atoms with van der Waals surface area (Å²) in [6.45, 7) is 3.50. The number of nitrogens with zero attached hydrogens (tertiary/aromatic N) is 4. The molecule has 10 heteroatoms. The lowest BCUT2D eigenvalue weighted by atomic mass is 10.3. The van der Waals surface area contributed by atoms with Crippen molar-refractivity contribution >= 4 is 29.4 Å². The van der Waals surface area contributed by atoms with E-state index in [2.05, 4.69) is 20.7 Å². The third kappa shape index (κ3) is 4.55. The van der Waals surface area contributed by atoms with Crippen LogP contribution in [0.2, 0.25) is 0 Å². The number of carbonyl (C=O) groups excluding carboxylic acids is 2. The summed E-state index contributed by atoms with van der Waals surface area (Å²) < 4.78 is 6.64. The largest absolute Gasteiger partial charge is 0.370 e. The van der Waals surface area contributed by atoms with Crippen LogP contribution in [0.4, 0.5) is 5.82 Å². The van der Waals surface area contributed by atoms with E-state index >= 15 is 0 Å². The van der Waals surface area contributed by atoms with E-state index in [1.165, 1.54) is 11.8 Å². The van der Waals surface area contributed by atoms with E-state index in [-0.39, 0.29) is 12.3 Å². The Kier molecular flexibility index (Phi) is 5.37. The van der Waals surface area contributed by atoms with Gasteiger partial charge in [0.05, 0.1) is 5.25 Å². The predicted octanol–water partition coefficient (Wildman–Crippen LogP) is 0.649. The first-order valence-corrected chi connectivity index (χ1v) is 7.82. The second-order valence-electron chi connectivity index (χ2n) is 5.00. The Morgan fingerprint density at radius 3 is 2.83 bits per heavy atom. The summed E-state index contributed by atoms with van der Waals surface area (Å²) in [5.74, 6) is 1.03. The molecule has 0 bridgehead atoms. The van der Waals surface area contributed by atoms with E-state index < -0.39 is 11.2 Å². The van der Waals surface area contributed by atoms with Crippen molar-refractivity contribution in [3.63, 3.8) is 0 Å². The topological polar surface area (TPSA) is 129 Å². The second kappa shape index (κ2) is 7.27. The lowest BCUT2D eigenvalue weighted by Gasteiger charge is -2.09. The van der Waals surface area contributed by atoms with Gasteiger partial charge in [-0.25, -0.2) is 0 Å². The smallest absolute Gasteiger partial charge is 0.238 e. The molecule has 23 heavy (non-hydrogen) atoms. The van der Waals surface area contributed by atoms with E-state index in [0.717, 1.165) is 0 Å². The van der Waals surface area contributed by atoms with Gasteiger partial charge in [-0.1, -0.05) is 16.9 Å². The maximum atomic E-state index is 12.1. The molecule has 2 heterocycles. The molecule has 124 valence electrons. The van der Waals surface area contributed by atoms with E-state index in [0.29, 0.717) is 29.0 Å². The predicted molar refractivity (Wildman–Crippen MR) is 83.7 cm³/mol. The van der Waals surface area contributed by atoms with Gasteiger partial charge in [0.25, 0.3) is 0 Å². The molecule has 0 saturated heterocycles. The van der Waals surface area contributed by atoms with Crippen molar-refractivity contribution in [2.75, 3.05) is 5.32 Å². The number of anilines is 1. The van der Waals surface area contributed by atoms with Gasteiger partial charge in [-0.15, -0.1) is 10.2 Å². The van der Waals surface area contributed by atoms with Crippen molar-refractivity contribution < 1.29 is 14.1 Å². The van der Waals surface area contributed by atoms with Crippen molar-refractivity contribution in [1.82, 2.24) is 19.9 Å². The highest BCUT2D eigenvalue weighted by Gasteiger charge is 2.20. The average molecular weight is 338 g/mol. The van der Waals surface area contributed by atoms with Gasteiger partial charge in [-0.05, 0) is 13.8 Å². The molecule has 2 amide bonds. The van der Waals surface area contributed by atoms with Crippen molar-refractivity contribution in [1.29, 1.82) is 0 Å². The SMILES string of the molecule is Cc1cc(NC(=O)[C@H](C)Sc2nnc(CCC(N)=O)n2C)no1. The fraction of sp³-hybridized carbons (Fsp3) is 0.462. The van der Waals surface area contributed by atoms with Crippen LogP contribution in [0.15, 0.2) is 15.7 Å². The van der Waals surface area contributed by atoms with Gasteiger partial charge in [-0.3, -0.25) is 9.59 Å². The third-order valence-corrected chi connectivity index (χ3v) is 4.18. The maximum Gasteiger partial charge on any atom is 0.238 e. The molecule has 0 fully saturated rings. The maximum absolute atomic E-state index is 12.1. The monoisotopic (exact) mass is 338 g/mol. The Labute approximate surface area is 137 Å². The molecule has 0 aliphatic carbocycles. The van der Waals surface area contributed by atoms with Gasteiger partial charge in [0.15, 0.2) is 11.0 Å². The highest BCUT2D eigenvalue weighted by atomic mass is 32.2. The van der Waals surface area contributed by atoms with E-state index in [9.17, 15) is 9.59 Å². The molecule has 2 aromatic heterocycles. The zero-order valence-corrected chi connectivity index (χ0v) is 13.9. The Morgan fingerprint density at radius 1 is 1.48 bits per heavy atom. The molecule has 0 unspecified atom stereocenters. The van der Waals surface area contributed by atoms with Crippen molar-refractivity contribution in [2.45, 2.75) is 37.1 Å². The van der Waals surface area contributed by atoms with Crippen LogP contribution in [0, 0.1) is 6.92 Å². The number of aryl methyl sites for hydroxylation is 2. The van der Waals surface area contributed by atoms with Gasteiger partial charge in [0, 0.05) is 26.0 Å². The number of carbonyl (C=O) groups is 2. The Hall–Kier alpha value is -2.36. The molecule has 0 aliphatic rings. The number of hydrogen-bond acceptors (Lipinski definition) is 7. The van der Waals surface area contributed by atoms with Crippen LogP contribution in [0.25, 0.3) is 0 Å². The van der Waals surface area contributed by atoms with Crippen molar-refractivity contribution in [3.8, 4) is 0 Å². The minimum atomic E-state index is -0.404. The number of rotatable bonds is 7. The standard InChI is InChI=1S/C13H18N6O3S/c1-7-6-10(18-22-7)15-12(21)8(2)23-13-17-16-11(19(13)3)5-4-9(14)20/h6,8H,4-5H2,1-3H3,(H2,14,20)(H,15,18,21)/t8-/m0/s1. The number of amides is 2. The lowest BCUT2D eigenvalue weighted by Crippen LogP contribution is -2.23. The lowest BCUT2D eigenvalue weighted by molar-refractivity contribution is -0.118. The van der Waals surface area contributed by atoms with E-state index in [1.807, 2.05) is 0 Å². The summed E-state index contributed by atoms with van der Waals surface area (Å²) in [6, 6.07) is 1.64. The van der Waals surface area contributed by atoms with Gasteiger partial charge < -0.3 is 20.1 Å². The Morgan fingerprint density at radius 2 is 2.22 bits per heavy atom. The number of aromatic nitrogens is 4. The first kappa shape index (κ1) is 17.0. The van der Waals surface area contributed by atoms with Crippen LogP contribution in [-0.4, -0.2) is 37.0 Å². The minimum absolute atomic E-state index is 0.207. The summed E-state index contributed by atoms with van der Waals surface area (Å²) in [5, 5.41) is 14.6. The van der Waals surface area contributed by atoms with Crippen LogP contribution in [0.1, 0.15) is 24.9 Å². The number of nitrogens with one attached hydrogen (secondary N) is 1. The van der Waals surface area contributed by atoms with Crippen LogP contribution in [0.5, 0.6) is 0 Å². The molecule has 3 N–H and O–H groups in total. The first-order chi connectivity index (χ1) is 10.9. The number of hydrogen-bond donors (Lipinski definition) is 2. The van der Waals surface area contributed by atoms with Crippen LogP contribution >= 0.6 is 11.8 Å². The quantitative estimate of drug-likeness (QED) is 0.709. The van der Waals surface area contributed by atoms with E-state index in [4.69, 9.17) is 10.3 Å². The zero-order chi connectivity index (χ0) is 17.0. The molecule has 9 nitrogen and oxygen atoms in total. The van der Waals surface area contributed by atoms with Gasteiger partial charge >= 0.3 is 0 Å². The number of thioether (sulfide) groups is 1. The molecule has 0 spiro atoms. The summed E-state index contributed by atoms with van der Waals surface area (Å²) in [5.41, 5.74) is 5.12. The van der Waals surface area contributed by atoms with Gasteiger partial charge in [-0.2, -0.15) is 0 Å². The molecule has 0 aromatic carbocycles. The molecule has 0 radical (unpaired) electrons. The van der Waals surface area contributed by atoms with E-state index in [1.54, 1.807) is 31.5 Å². The summed E-state index contributed by atoms with van der Waals surface area (Å²) in [4.78, 5) is 23.0. The van der Waals surface area contributed by atoms with Crippen molar-refractivity contribution in [2.24, 2.45) is 12.8 Å². The Balaban J connectivity index is 1.95. The normalized spacial score (nSPS) is 12.1. The molecule has 0 aliphatic heterocycles. The highest BCUT2D eigenvalue weighted by molar-refractivity contribution is 8.00. The molecular formula is C13H18N6O3S. The molecule has 1 atom stereocenters. The van der Waals surface area contributed by atoms with Crippen LogP contribution < -0.4 is 11.1 Å². The fourth-order valence-corrected chi connectivity index (χ4v) is 2.60. The van der Waals surface area contributed by atoms with Crippen molar-refractivity contribution in [3.05, 3.63) is 17.7 Å².